The van der Waals surface area contributed by atoms with Crippen LogP contribution in [-0.2, 0) is 0 Å². The molecule has 0 saturated carbocycles. The number of aryl methyl sites for hydroxylation is 1. The molecule has 2 heteroatoms. The minimum atomic E-state index is 0.930. The second-order valence-corrected chi connectivity index (χ2v) is 11.9. The first-order chi connectivity index (χ1) is 22.2. The van der Waals surface area contributed by atoms with Gasteiger partial charge in [-0.2, -0.15) is 0 Å². The third-order valence-corrected chi connectivity index (χ3v) is 9.11. The Morgan fingerprint density at radius 1 is 0.422 bits per heavy atom. The van der Waals surface area contributed by atoms with Gasteiger partial charge in [-0.3, -0.25) is 4.98 Å². The first kappa shape index (κ1) is 25.6. The minimum Gasteiger partial charge on any atom is -0.254 e. The molecular formula is C43H28N2. The molecule has 0 bridgehead atoms. The van der Waals surface area contributed by atoms with E-state index in [4.69, 9.17) is 9.97 Å². The van der Waals surface area contributed by atoms with Crippen LogP contribution in [0, 0.1) is 6.92 Å². The SMILES string of the molecule is Cc1ccc2c(-c3ccc4ccc5cccnc5c4n3)c3ccccc3c(-c3cc4ccccc4cc3-c3ccccc3)c2c1. The molecule has 0 atom stereocenters. The summed E-state index contributed by atoms with van der Waals surface area (Å²) in [5.74, 6) is 0. The van der Waals surface area contributed by atoms with Gasteiger partial charge in [0.05, 0.1) is 16.7 Å². The summed E-state index contributed by atoms with van der Waals surface area (Å²) in [4.78, 5) is 10.1. The van der Waals surface area contributed by atoms with Crippen molar-refractivity contribution in [1.29, 1.82) is 0 Å². The van der Waals surface area contributed by atoms with E-state index in [0.29, 0.717) is 0 Å². The van der Waals surface area contributed by atoms with Crippen molar-refractivity contribution in [2.75, 3.05) is 0 Å². The van der Waals surface area contributed by atoms with Crippen LogP contribution in [0.5, 0.6) is 0 Å². The fourth-order valence-electron chi connectivity index (χ4n) is 7.02. The summed E-state index contributed by atoms with van der Waals surface area (Å²) in [5, 5.41) is 9.50. The molecule has 0 amide bonds. The molecule has 0 aliphatic heterocycles. The van der Waals surface area contributed by atoms with Crippen molar-refractivity contribution < 1.29 is 0 Å². The maximum absolute atomic E-state index is 5.34. The lowest BCUT2D eigenvalue weighted by Gasteiger charge is -2.20. The monoisotopic (exact) mass is 572 g/mol. The second-order valence-electron chi connectivity index (χ2n) is 11.9. The smallest absolute Gasteiger partial charge is 0.0972 e. The molecular weight excluding hydrogens is 544 g/mol. The maximum Gasteiger partial charge on any atom is 0.0972 e. The lowest BCUT2D eigenvalue weighted by molar-refractivity contribution is 1.38. The van der Waals surface area contributed by atoms with E-state index in [1.54, 1.807) is 0 Å². The van der Waals surface area contributed by atoms with Gasteiger partial charge < -0.3 is 0 Å². The molecule has 45 heavy (non-hydrogen) atoms. The fraction of sp³-hybridized carbons (Fsp3) is 0.0233. The summed E-state index contributed by atoms with van der Waals surface area (Å²) < 4.78 is 0. The number of pyridine rings is 2. The summed E-state index contributed by atoms with van der Waals surface area (Å²) in [6.07, 6.45) is 1.85. The molecule has 0 spiro atoms. The Bertz CT molecular complexity index is 2600. The highest BCUT2D eigenvalue weighted by Gasteiger charge is 2.21. The van der Waals surface area contributed by atoms with E-state index >= 15 is 0 Å². The third kappa shape index (κ3) is 4.11. The molecule has 2 aromatic heterocycles. The molecule has 0 unspecified atom stereocenters. The number of hydrogen-bond acceptors (Lipinski definition) is 2. The van der Waals surface area contributed by atoms with E-state index < -0.39 is 0 Å². The van der Waals surface area contributed by atoms with Gasteiger partial charge in [0.25, 0.3) is 0 Å². The third-order valence-electron chi connectivity index (χ3n) is 9.11. The topological polar surface area (TPSA) is 25.8 Å². The highest BCUT2D eigenvalue weighted by atomic mass is 14.8. The molecule has 7 aromatic carbocycles. The van der Waals surface area contributed by atoms with Gasteiger partial charge in [0, 0.05) is 22.5 Å². The van der Waals surface area contributed by atoms with Crippen LogP contribution >= 0.6 is 0 Å². The summed E-state index contributed by atoms with van der Waals surface area (Å²) >= 11 is 0. The normalized spacial score (nSPS) is 11.7. The zero-order chi connectivity index (χ0) is 29.9. The van der Waals surface area contributed by atoms with Gasteiger partial charge >= 0.3 is 0 Å². The van der Waals surface area contributed by atoms with Crippen LogP contribution in [0.3, 0.4) is 0 Å². The standard InChI is InChI=1S/C43H28N2/c1-27-17-21-35-37(24-27)40(38-26-32-13-6-5-12-31(32)25-36(38)28-10-3-2-4-11-28)33-15-7-8-16-34(33)41(35)39-22-20-30-19-18-29-14-9-23-44-42(29)43(30)45-39/h2-26H,1H3. The zero-order valence-electron chi connectivity index (χ0n) is 24.8. The Morgan fingerprint density at radius 3 is 1.84 bits per heavy atom. The number of aromatic nitrogens is 2. The van der Waals surface area contributed by atoms with E-state index in [9.17, 15) is 0 Å². The molecule has 0 aliphatic rings. The van der Waals surface area contributed by atoms with Gasteiger partial charge in [-0.25, -0.2) is 4.98 Å². The van der Waals surface area contributed by atoms with E-state index in [0.717, 1.165) is 33.1 Å². The van der Waals surface area contributed by atoms with Gasteiger partial charge in [0.15, 0.2) is 0 Å². The molecule has 0 fully saturated rings. The lowest BCUT2D eigenvalue weighted by Crippen LogP contribution is -1.95. The van der Waals surface area contributed by atoms with Gasteiger partial charge in [-0.15, -0.1) is 0 Å². The van der Waals surface area contributed by atoms with Crippen molar-refractivity contribution in [1.82, 2.24) is 9.97 Å². The molecule has 210 valence electrons. The Labute approximate surface area is 261 Å². The van der Waals surface area contributed by atoms with Gasteiger partial charge in [-0.05, 0) is 85.8 Å². The van der Waals surface area contributed by atoms with Crippen molar-refractivity contribution in [2.24, 2.45) is 0 Å². The van der Waals surface area contributed by atoms with E-state index in [2.05, 4.69) is 146 Å². The number of hydrogen-bond donors (Lipinski definition) is 0. The van der Waals surface area contributed by atoms with Gasteiger partial charge in [0.2, 0.25) is 0 Å². The average Bonchev–Trinajstić information content (AvgIpc) is 3.10. The lowest BCUT2D eigenvalue weighted by atomic mass is 9.83. The molecule has 0 radical (unpaired) electrons. The Morgan fingerprint density at radius 2 is 1.04 bits per heavy atom. The molecule has 0 N–H and O–H groups in total. The predicted octanol–water partition coefficient (Wildman–Crippen LogP) is 11.6. The van der Waals surface area contributed by atoms with Crippen molar-refractivity contribution in [2.45, 2.75) is 6.92 Å². The van der Waals surface area contributed by atoms with Crippen LogP contribution in [0.1, 0.15) is 5.56 Å². The molecule has 0 saturated heterocycles. The van der Waals surface area contributed by atoms with Crippen molar-refractivity contribution >= 4 is 54.1 Å². The molecule has 2 heterocycles. The molecule has 9 rings (SSSR count). The van der Waals surface area contributed by atoms with Crippen LogP contribution < -0.4 is 0 Å². The fourth-order valence-corrected chi connectivity index (χ4v) is 7.02. The number of nitrogens with zero attached hydrogens (tertiary/aromatic N) is 2. The summed E-state index contributed by atoms with van der Waals surface area (Å²) in [7, 11) is 0. The molecule has 0 aliphatic carbocycles. The van der Waals surface area contributed by atoms with E-state index in [1.165, 1.54) is 60.1 Å². The first-order valence-electron chi connectivity index (χ1n) is 15.4. The largest absolute Gasteiger partial charge is 0.254 e. The molecule has 2 nitrogen and oxygen atoms in total. The van der Waals surface area contributed by atoms with Crippen molar-refractivity contribution in [3.63, 3.8) is 0 Å². The Balaban J connectivity index is 1.43. The summed E-state index contributed by atoms with van der Waals surface area (Å²) in [6.45, 7) is 2.18. The predicted molar refractivity (Wildman–Crippen MR) is 191 cm³/mol. The quantitative estimate of drug-likeness (QED) is 0.155. The van der Waals surface area contributed by atoms with Crippen LogP contribution in [-0.4, -0.2) is 9.97 Å². The maximum atomic E-state index is 5.34. The van der Waals surface area contributed by atoms with Crippen molar-refractivity contribution in [3.05, 3.63) is 157 Å². The van der Waals surface area contributed by atoms with Crippen LogP contribution in [0.15, 0.2) is 152 Å². The van der Waals surface area contributed by atoms with E-state index in [-0.39, 0.29) is 0 Å². The van der Waals surface area contributed by atoms with E-state index in [1.807, 2.05) is 12.3 Å². The number of rotatable bonds is 3. The summed E-state index contributed by atoms with van der Waals surface area (Å²) in [5.41, 5.74) is 10.1. The number of fused-ring (bicyclic) bond motifs is 6. The highest BCUT2D eigenvalue weighted by Crippen LogP contribution is 2.47. The first-order valence-corrected chi connectivity index (χ1v) is 15.4. The Hall–Kier alpha value is -5.86. The Kier molecular flexibility index (Phi) is 5.76. The minimum absolute atomic E-state index is 0.930. The zero-order valence-corrected chi connectivity index (χ0v) is 24.8. The molecule has 9 aromatic rings. The summed E-state index contributed by atoms with van der Waals surface area (Å²) in [6, 6.07) is 52.6. The second kappa shape index (κ2) is 10.1. The van der Waals surface area contributed by atoms with Crippen LogP contribution in [0.4, 0.5) is 0 Å². The van der Waals surface area contributed by atoms with Crippen LogP contribution in [0.25, 0.3) is 87.6 Å². The van der Waals surface area contributed by atoms with Gasteiger partial charge in [-0.1, -0.05) is 127 Å². The van der Waals surface area contributed by atoms with Crippen molar-refractivity contribution in [3.8, 4) is 33.5 Å². The van der Waals surface area contributed by atoms with Crippen LogP contribution in [0.2, 0.25) is 0 Å². The average molecular weight is 573 g/mol. The highest BCUT2D eigenvalue weighted by molar-refractivity contribution is 6.23. The van der Waals surface area contributed by atoms with Gasteiger partial charge in [0.1, 0.15) is 0 Å². The number of benzene rings is 7.